The lowest BCUT2D eigenvalue weighted by molar-refractivity contribution is 0.194. The minimum absolute atomic E-state index is 0.0301. The van der Waals surface area contributed by atoms with E-state index >= 15 is 0 Å². The van der Waals surface area contributed by atoms with Gasteiger partial charge in [-0.05, 0) is 42.3 Å². The van der Waals surface area contributed by atoms with Crippen molar-refractivity contribution in [3.05, 3.63) is 64.7 Å². The molecular formula is C20H21ClN4O. The van der Waals surface area contributed by atoms with Gasteiger partial charge in [0, 0.05) is 43.4 Å². The minimum atomic E-state index is -0.0301. The van der Waals surface area contributed by atoms with Crippen LogP contribution in [0.1, 0.15) is 11.1 Å². The number of rotatable bonds is 4. The van der Waals surface area contributed by atoms with Gasteiger partial charge in [0.2, 0.25) is 0 Å². The number of hydrogen-bond acceptors (Lipinski definition) is 3. The average molecular weight is 369 g/mol. The van der Waals surface area contributed by atoms with E-state index in [1.165, 1.54) is 0 Å². The fraction of sp³-hybridized carbons (Fsp3) is 0.300. The van der Waals surface area contributed by atoms with Crippen LogP contribution in [0.15, 0.2) is 48.5 Å². The van der Waals surface area contributed by atoms with E-state index < -0.39 is 0 Å². The van der Waals surface area contributed by atoms with Gasteiger partial charge in [0.1, 0.15) is 0 Å². The van der Waals surface area contributed by atoms with Crippen LogP contribution in [-0.4, -0.2) is 43.7 Å². The third-order valence-corrected chi connectivity index (χ3v) is 4.72. The molecule has 0 unspecified atom stereocenters. The molecule has 1 aliphatic heterocycles. The Morgan fingerprint density at radius 1 is 1.12 bits per heavy atom. The molecule has 0 spiro atoms. The maximum Gasteiger partial charge on any atom is 0.317 e. The van der Waals surface area contributed by atoms with Crippen molar-refractivity contribution in [3.8, 4) is 6.07 Å². The van der Waals surface area contributed by atoms with Crippen molar-refractivity contribution >= 4 is 23.3 Å². The summed E-state index contributed by atoms with van der Waals surface area (Å²) < 4.78 is 0. The van der Waals surface area contributed by atoms with E-state index in [-0.39, 0.29) is 6.03 Å². The van der Waals surface area contributed by atoms with Crippen molar-refractivity contribution < 1.29 is 4.79 Å². The lowest BCUT2D eigenvalue weighted by Crippen LogP contribution is -2.52. The Kier molecular flexibility index (Phi) is 5.98. The van der Waals surface area contributed by atoms with Gasteiger partial charge in [0.05, 0.1) is 11.6 Å². The minimum Gasteiger partial charge on any atom is -0.368 e. The molecule has 0 aromatic heterocycles. The standard InChI is InChI=1S/C20H21ClN4O/c21-18-5-1-3-16(13-18)7-8-23-20(26)25-11-9-24(10-12-25)19-6-2-4-17(14-19)15-22/h1-6,13-14H,7-12H2,(H,23,26). The number of halogens is 1. The third kappa shape index (κ3) is 4.68. The molecular weight excluding hydrogens is 348 g/mol. The number of nitrogens with one attached hydrogen (secondary N) is 1. The Labute approximate surface area is 158 Å². The molecule has 3 rings (SSSR count). The summed E-state index contributed by atoms with van der Waals surface area (Å²) in [6.45, 7) is 3.44. The van der Waals surface area contributed by atoms with E-state index in [4.69, 9.17) is 16.9 Å². The fourth-order valence-corrected chi connectivity index (χ4v) is 3.27. The molecule has 1 N–H and O–H groups in total. The predicted octanol–water partition coefficient (Wildman–Crippen LogP) is 3.29. The highest BCUT2D eigenvalue weighted by atomic mass is 35.5. The lowest BCUT2D eigenvalue weighted by atomic mass is 10.1. The SMILES string of the molecule is N#Cc1cccc(N2CCN(C(=O)NCCc3cccc(Cl)c3)CC2)c1. The molecule has 6 heteroatoms. The molecule has 1 aliphatic rings. The summed E-state index contributed by atoms with van der Waals surface area (Å²) in [4.78, 5) is 16.4. The molecule has 1 fully saturated rings. The molecule has 2 amide bonds. The maximum atomic E-state index is 12.3. The van der Waals surface area contributed by atoms with Gasteiger partial charge in [-0.15, -0.1) is 0 Å². The van der Waals surface area contributed by atoms with Gasteiger partial charge in [0.25, 0.3) is 0 Å². The van der Waals surface area contributed by atoms with Crippen LogP contribution >= 0.6 is 11.6 Å². The van der Waals surface area contributed by atoms with Gasteiger partial charge >= 0.3 is 6.03 Å². The summed E-state index contributed by atoms with van der Waals surface area (Å²) >= 11 is 5.97. The number of hydrogen-bond donors (Lipinski definition) is 1. The first-order valence-corrected chi connectivity index (χ1v) is 9.06. The number of carbonyl (C=O) groups is 1. The van der Waals surface area contributed by atoms with E-state index in [1.54, 1.807) is 6.07 Å². The molecule has 0 atom stereocenters. The molecule has 0 aliphatic carbocycles. The molecule has 26 heavy (non-hydrogen) atoms. The second-order valence-electron chi connectivity index (χ2n) is 6.25. The maximum absolute atomic E-state index is 12.3. The van der Waals surface area contributed by atoms with E-state index in [9.17, 15) is 4.79 Å². The van der Waals surface area contributed by atoms with E-state index in [1.807, 2.05) is 47.4 Å². The van der Waals surface area contributed by atoms with Crippen LogP contribution in [0, 0.1) is 11.3 Å². The highest BCUT2D eigenvalue weighted by Crippen LogP contribution is 2.18. The summed E-state index contributed by atoms with van der Waals surface area (Å²) in [6, 6.07) is 17.4. The Hall–Kier alpha value is -2.71. The number of carbonyl (C=O) groups excluding carboxylic acids is 1. The third-order valence-electron chi connectivity index (χ3n) is 4.49. The van der Waals surface area contributed by atoms with Gasteiger partial charge in [0.15, 0.2) is 0 Å². The fourth-order valence-electron chi connectivity index (χ4n) is 3.06. The second-order valence-corrected chi connectivity index (χ2v) is 6.68. The number of anilines is 1. The van der Waals surface area contributed by atoms with Crippen molar-refractivity contribution in [3.63, 3.8) is 0 Å². The quantitative estimate of drug-likeness (QED) is 0.900. The molecule has 2 aromatic carbocycles. The van der Waals surface area contributed by atoms with Crippen LogP contribution in [0.4, 0.5) is 10.5 Å². The molecule has 0 bridgehead atoms. The Bertz CT molecular complexity index is 809. The summed E-state index contributed by atoms with van der Waals surface area (Å²) in [5, 5.41) is 12.7. The summed E-state index contributed by atoms with van der Waals surface area (Å²) in [5.74, 6) is 0. The first-order valence-electron chi connectivity index (χ1n) is 8.68. The Balaban J connectivity index is 1.45. The van der Waals surface area contributed by atoms with E-state index in [0.29, 0.717) is 30.2 Å². The average Bonchev–Trinajstić information content (AvgIpc) is 2.68. The zero-order valence-electron chi connectivity index (χ0n) is 14.5. The van der Waals surface area contributed by atoms with Gasteiger partial charge in [-0.1, -0.05) is 29.8 Å². The van der Waals surface area contributed by atoms with Gasteiger partial charge in [-0.25, -0.2) is 4.79 Å². The summed E-state index contributed by atoms with van der Waals surface area (Å²) in [5.41, 5.74) is 2.80. The number of piperazine rings is 1. The summed E-state index contributed by atoms with van der Waals surface area (Å²) in [6.07, 6.45) is 0.757. The Morgan fingerprint density at radius 3 is 2.62 bits per heavy atom. The largest absolute Gasteiger partial charge is 0.368 e. The zero-order valence-corrected chi connectivity index (χ0v) is 15.2. The molecule has 1 saturated heterocycles. The number of benzene rings is 2. The molecule has 1 heterocycles. The van der Waals surface area contributed by atoms with Crippen LogP contribution in [0.25, 0.3) is 0 Å². The number of nitrogens with zero attached hydrogens (tertiary/aromatic N) is 3. The van der Waals surface area contributed by atoms with Gasteiger partial charge < -0.3 is 15.1 Å². The van der Waals surface area contributed by atoms with Crippen molar-refractivity contribution in [1.29, 1.82) is 5.26 Å². The first kappa shape index (κ1) is 18.1. The van der Waals surface area contributed by atoms with Crippen LogP contribution in [0.5, 0.6) is 0 Å². The van der Waals surface area contributed by atoms with E-state index in [0.717, 1.165) is 30.8 Å². The van der Waals surface area contributed by atoms with Crippen molar-refractivity contribution in [2.24, 2.45) is 0 Å². The highest BCUT2D eigenvalue weighted by molar-refractivity contribution is 6.30. The molecule has 2 aromatic rings. The van der Waals surface area contributed by atoms with Crippen molar-refractivity contribution in [1.82, 2.24) is 10.2 Å². The smallest absolute Gasteiger partial charge is 0.317 e. The predicted molar refractivity (Wildman–Crippen MR) is 103 cm³/mol. The zero-order chi connectivity index (χ0) is 18.4. The molecule has 0 saturated carbocycles. The summed E-state index contributed by atoms with van der Waals surface area (Å²) in [7, 11) is 0. The number of urea groups is 1. The van der Waals surface area contributed by atoms with E-state index in [2.05, 4.69) is 16.3 Å². The van der Waals surface area contributed by atoms with Crippen molar-refractivity contribution in [2.75, 3.05) is 37.6 Å². The van der Waals surface area contributed by atoms with Gasteiger partial charge in [-0.3, -0.25) is 0 Å². The van der Waals surface area contributed by atoms with Crippen LogP contribution in [0.2, 0.25) is 5.02 Å². The topological polar surface area (TPSA) is 59.4 Å². The number of nitriles is 1. The van der Waals surface area contributed by atoms with Crippen LogP contribution in [0.3, 0.4) is 0 Å². The molecule has 134 valence electrons. The van der Waals surface area contributed by atoms with Gasteiger partial charge in [-0.2, -0.15) is 5.26 Å². The van der Waals surface area contributed by atoms with Crippen LogP contribution in [-0.2, 0) is 6.42 Å². The second kappa shape index (κ2) is 8.59. The first-order chi connectivity index (χ1) is 12.7. The molecule has 0 radical (unpaired) electrons. The highest BCUT2D eigenvalue weighted by Gasteiger charge is 2.21. The molecule has 5 nitrogen and oxygen atoms in total. The Morgan fingerprint density at radius 2 is 1.88 bits per heavy atom. The van der Waals surface area contributed by atoms with Crippen LogP contribution < -0.4 is 10.2 Å². The number of amides is 2. The monoisotopic (exact) mass is 368 g/mol. The normalized spacial score (nSPS) is 14.0. The lowest BCUT2D eigenvalue weighted by Gasteiger charge is -2.36. The van der Waals surface area contributed by atoms with Crippen molar-refractivity contribution in [2.45, 2.75) is 6.42 Å².